The minimum Gasteiger partial charge on any atom is -0.484 e. The maximum Gasteiger partial charge on any atom is 0.262 e. The van der Waals surface area contributed by atoms with Gasteiger partial charge in [-0.15, -0.1) is 0 Å². The number of hydrogen-bond acceptors (Lipinski definition) is 4. The molecule has 3 rings (SSSR count). The first-order valence-corrected chi connectivity index (χ1v) is 8.48. The van der Waals surface area contributed by atoms with E-state index < -0.39 is 5.91 Å². The molecule has 0 atom stereocenters. The number of hydrogen-bond donors (Lipinski definition) is 2. The number of carbonyl (C=O) groups is 2. The highest BCUT2D eigenvalue weighted by atomic mass is 16.5. The molecule has 28 heavy (non-hydrogen) atoms. The first kappa shape index (κ1) is 18.7. The van der Waals surface area contributed by atoms with Gasteiger partial charge < -0.3 is 15.8 Å². The minimum absolute atomic E-state index is 0.145. The number of nitriles is 1. The molecule has 0 saturated carbocycles. The summed E-state index contributed by atoms with van der Waals surface area (Å²) in [5.41, 5.74) is 8.68. The van der Waals surface area contributed by atoms with Crippen LogP contribution in [0.5, 0.6) is 5.75 Å². The van der Waals surface area contributed by atoms with Crippen LogP contribution in [0.15, 0.2) is 72.8 Å². The molecule has 0 aliphatic carbocycles. The van der Waals surface area contributed by atoms with Gasteiger partial charge >= 0.3 is 0 Å². The maximum absolute atomic E-state index is 12.0. The molecule has 6 heteroatoms. The fraction of sp³-hybridized carbons (Fsp3) is 0.0455. The second kappa shape index (κ2) is 8.52. The molecule has 2 amide bonds. The Kier molecular flexibility index (Phi) is 5.68. The number of amides is 2. The van der Waals surface area contributed by atoms with Crippen LogP contribution in [0.4, 0.5) is 5.69 Å². The number of nitrogens with two attached hydrogens (primary N) is 1. The van der Waals surface area contributed by atoms with Gasteiger partial charge in [-0.1, -0.05) is 24.3 Å². The lowest BCUT2D eigenvalue weighted by molar-refractivity contribution is -0.118. The molecule has 3 N–H and O–H groups in total. The first-order valence-electron chi connectivity index (χ1n) is 8.48. The van der Waals surface area contributed by atoms with E-state index in [4.69, 9.17) is 15.7 Å². The minimum atomic E-state index is -0.523. The lowest BCUT2D eigenvalue weighted by Gasteiger charge is -2.09. The molecule has 0 fully saturated rings. The zero-order chi connectivity index (χ0) is 19.9. The van der Waals surface area contributed by atoms with Crippen LogP contribution >= 0.6 is 0 Å². The van der Waals surface area contributed by atoms with Crippen molar-refractivity contribution < 1.29 is 14.3 Å². The van der Waals surface area contributed by atoms with E-state index >= 15 is 0 Å². The van der Waals surface area contributed by atoms with Crippen molar-refractivity contribution in [1.82, 2.24) is 0 Å². The molecule has 0 unspecified atom stereocenters. The largest absolute Gasteiger partial charge is 0.484 e. The summed E-state index contributed by atoms with van der Waals surface area (Å²) in [4.78, 5) is 23.0. The smallest absolute Gasteiger partial charge is 0.262 e. The average molecular weight is 371 g/mol. The summed E-state index contributed by atoms with van der Waals surface area (Å²) in [6, 6.07) is 23.0. The van der Waals surface area contributed by atoms with E-state index in [1.165, 1.54) is 0 Å². The van der Waals surface area contributed by atoms with E-state index in [9.17, 15) is 9.59 Å². The van der Waals surface area contributed by atoms with Crippen LogP contribution in [0.25, 0.3) is 11.1 Å². The molecule has 6 nitrogen and oxygen atoms in total. The Balaban J connectivity index is 1.54. The van der Waals surface area contributed by atoms with Crippen molar-refractivity contribution in [2.24, 2.45) is 5.73 Å². The lowest BCUT2D eigenvalue weighted by Crippen LogP contribution is -2.20. The second-order valence-corrected chi connectivity index (χ2v) is 5.99. The molecule has 0 saturated heterocycles. The topological polar surface area (TPSA) is 105 Å². The predicted molar refractivity (Wildman–Crippen MR) is 106 cm³/mol. The highest BCUT2D eigenvalue weighted by Crippen LogP contribution is 2.22. The lowest BCUT2D eigenvalue weighted by atomic mass is 10.0. The summed E-state index contributed by atoms with van der Waals surface area (Å²) < 4.78 is 5.50. The zero-order valence-corrected chi connectivity index (χ0v) is 14.9. The van der Waals surface area contributed by atoms with E-state index in [0.29, 0.717) is 22.6 Å². The van der Waals surface area contributed by atoms with Crippen LogP contribution < -0.4 is 15.8 Å². The number of anilines is 1. The van der Waals surface area contributed by atoms with Crippen molar-refractivity contribution in [2.45, 2.75) is 0 Å². The van der Waals surface area contributed by atoms with Crippen molar-refractivity contribution >= 4 is 17.5 Å². The molecule has 0 aliphatic rings. The number of nitrogens with one attached hydrogen (secondary N) is 1. The zero-order valence-electron chi connectivity index (χ0n) is 14.9. The molecule has 0 heterocycles. The molecular weight excluding hydrogens is 354 g/mol. The Morgan fingerprint density at radius 3 is 2.00 bits per heavy atom. The van der Waals surface area contributed by atoms with Gasteiger partial charge in [0.2, 0.25) is 5.91 Å². The van der Waals surface area contributed by atoms with Gasteiger partial charge in [0.05, 0.1) is 11.6 Å². The molecule has 0 spiro atoms. The Labute approximate surface area is 162 Å². The number of primary amides is 1. The summed E-state index contributed by atoms with van der Waals surface area (Å²) in [5.74, 6) is -0.273. The number of benzene rings is 3. The fourth-order valence-electron chi connectivity index (χ4n) is 2.54. The highest BCUT2D eigenvalue weighted by Gasteiger charge is 2.06. The molecule has 138 valence electrons. The van der Waals surface area contributed by atoms with E-state index in [2.05, 4.69) is 11.4 Å². The highest BCUT2D eigenvalue weighted by molar-refractivity contribution is 5.95. The quantitative estimate of drug-likeness (QED) is 0.693. The van der Waals surface area contributed by atoms with Gasteiger partial charge in [-0.25, -0.2) is 0 Å². The summed E-state index contributed by atoms with van der Waals surface area (Å²) in [6.45, 7) is -0.145. The Morgan fingerprint density at radius 2 is 1.46 bits per heavy atom. The summed E-state index contributed by atoms with van der Waals surface area (Å²) in [6.07, 6.45) is 0. The summed E-state index contributed by atoms with van der Waals surface area (Å²) >= 11 is 0. The van der Waals surface area contributed by atoms with Gasteiger partial charge in [0.25, 0.3) is 5.91 Å². The Morgan fingerprint density at radius 1 is 0.893 bits per heavy atom. The molecule has 0 aliphatic heterocycles. The third kappa shape index (κ3) is 4.74. The van der Waals surface area contributed by atoms with Gasteiger partial charge in [-0.3, -0.25) is 9.59 Å². The fourth-order valence-corrected chi connectivity index (χ4v) is 2.54. The van der Waals surface area contributed by atoms with E-state index in [0.717, 1.165) is 11.1 Å². The molecule has 3 aromatic rings. The number of carbonyl (C=O) groups excluding carboxylic acids is 2. The molecule has 3 aromatic carbocycles. The van der Waals surface area contributed by atoms with Gasteiger partial charge in [-0.2, -0.15) is 5.26 Å². The summed E-state index contributed by atoms with van der Waals surface area (Å²) in [7, 11) is 0. The van der Waals surface area contributed by atoms with Gasteiger partial charge in [0.1, 0.15) is 5.75 Å². The standard InChI is InChI=1S/C22H17N3O3/c23-13-15-1-3-16(4-2-15)17-7-11-20(12-8-17)28-14-21(26)25-19-9-5-18(6-10-19)22(24)27/h1-12H,14H2,(H2,24,27)(H,25,26). The maximum atomic E-state index is 12.0. The second-order valence-electron chi connectivity index (χ2n) is 5.99. The molecular formula is C22H17N3O3. The van der Waals surface area contributed by atoms with Crippen molar-refractivity contribution in [3.8, 4) is 22.9 Å². The van der Waals surface area contributed by atoms with Crippen LogP contribution in [0.3, 0.4) is 0 Å². The van der Waals surface area contributed by atoms with E-state index in [1.54, 1.807) is 48.5 Å². The summed E-state index contributed by atoms with van der Waals surface area (Å²) in [5, 5.41) is 11.5. The third-order valence-electron chi connectivity index (χ3n) is 4.02. The first-order chi connectivity index (χ1) is 13.5. The monoisotopic (exact) mass is 371 g/mol. The number of ether oxygens (including phenoxy) is 1. The molecule has 0 radical (unpaired) electrons. The SMILES string of the molecule is N#Cc1ccc(-c2ccc(OCC(=O)Nc3ccc(C(N)=O)cc3)cc2)cc1. The van der Waals surface area contributed by atoms with Crippen molar-refractivity contribution in [3.63, 3.8) is 0 Å². The Hall–Kier alpha value is -4.11. The van der Waals surface area contributed by atoms with Crippen LogP contribution in [0.2, 0.25) is 0 Å². The van der Waals surface area contributed by atoms with E-state index in [-0.39, 0.29) is 12.5 Å². The van der Waals surface area contributed by atoms with Crippen LogP contribution in [0.1, 0.15) is 15.9 Å². The molecule has 0 bridgehead atoms. The van der Waals surface area contributed by atoms with Crippen LogP contribution in [-0.4, -0.2) is 18.4 Å². The van der Waals surface area contributed by atoms with Gasteiger partial charge in [0.15, 0.2) is 6.61 Å². The van der Waals surface area contributed by atoms with Crippen LogP contribution in [-0.2, 0) is 4.79 Å². The van der Waals surface area contributed by atoms with Crippen LogP contribution in [0, 0.1) is 11.3 Å². The Bertz CT molecular complexity index is 1020. The number of rotatable bonds is 6. The normalized spacial score (nSPS) is 9.96. The van der Waals surface area contributed by atoms with Crippen molar-refractivity contribution in [3.05, 3.63) is 83.9 Å². The average Bonchev–Trinajstić information content (AvgIpc) is 2.73. The van der Waals surface area contributed by atoms with Crippen molar-refractivity contribution in [2.75, 3.05) is 11.9 Å². The van der Waals surface area contributed by atoms with E-state index in [1.807, 2.05) is 24.3 Å². The van der Waals surface area contributed by atoms with Crippen molar-refractivity contribution in [1.29, 1.82) is 5.26 Å². The van der Waals surface area contributed by atoms with Gasteiger partial charge in [-0.05, 0) is 59.7 Å². The van der Waals surface area contributed by atoms with Gasteiger partial charge in [0, 0.05) is 11.3 Å². The number of nitrogens with zero attached hydrogens (tertiary/aromatic N) is 1. The predicted octanol–water partition coefficient (Wildman–Crippen LogP) is 3.34. The molecule has 0 aromatic heterocycles. The third-order valence-corrected chi connectivity index (χ3v) is 4.02.